The molecule has 0 aliphatic heterocycles. The zero-order chi connectivity index (χ0) is 13.8. The third kappa shape index (κ3) is 3.41. The summed E-state index contributed by atoms with van der Waals surface area (Å²) in [6, 6.07) is 2.05. The molecule has 1 atom stereocenters. The Morgan fingerprint density at radius 1 is 1.32 bits per heavy atom. The molecule has 5 nitrogen and oxygen atoms in total. The Bertz CT molecular complexity index is 529. The number of rotatable bonds is 5. The summed E-state index contributed by atoms with van der Waals surface area (Å²) in [5.74, 6) is 2.49. The first kappa shape index (κ1) is 13.7. The van der Waals surface area contributed by atoms with Crippen molar-refractivity contribution in [1.82, 2.24) is 15.0 Å². The van der Waals surface area contributed by atoms with Gasteiger partial charge < -0.3 is 10.6 Å². The molecule has 0 radical (unpaired) electrons. The largest absolute Gasteiger partial charge is 0.373 e. The van der Waals surface area contributed by atoms with Crippen molar-refractivity contribution in [3.8, 4) is 0 Å². The Hall–Kier alpha value is -1.69. The lowest BCUT2D eigenvalue weighted by atomic mass is 10.3. The van der Waals surface area contributed by atoms with Gasteiger partial charge in [-0.05, 0) is 13.8 Å². The van der Waals surface area contributed by atoms with Crippen LogP contribution in [0.3, 0.4) is 0 Å². The van der Waals surface area contributed by atoms with E-state index in [9.17, 15) is 0 Å². The Labute approximate surface area is 117 Å². The molecule has 19 heavy (non-hydrogen) atoms. The minimum atomic E-state index is 0.142. The number of anilines is 2. The highest BCUT2D eigenvalue weighted by Gasteiger charge is 2.11. The van der Waals surface area contributed by atoms with Crippen LogP contribution >= 0.6 is 11.3 Å². The Morgan fingerprint density at radius 3 is 2.63 bits per heavy atom. The number of thiazole rings is 1. The monoisotopic (exact) mass is 277 g/mol. The van der Waals surface area contributed by atoms with Crippen molar-refractivity contribution in [2.75, 3.05) is 17.7 Å². The summed E-state index contributed by atoms with van der Waals surface area (Å²) in [5, 5.41) is 7.50. The lowest BCUT2D eigenvalue weighted by Crippen LogP contribution is -2.10. The van der Waals surface area contributed by atoms with Gasteiger partial charge in [0.2, 0.25) is 0 Å². The molecule has 6 heteroatoms. The molecular weight excluding hydrogens is 258 g/mol. The number of aromatic nitrogens is 3. The van der Waals surface area contributed by atoms with Gasteiger partial charge in [-0.3, -0.25) is 0 Å². The van der Waals surface area contributed by atoms with Crippen molar-refractivity contribution in [1.29, 1.82) is 0 Å². The van der Waals surface area contributed by atoms with Crippen LogP contribution in [0.25, 0.3) is 0 Å². The highest BCUT2D eigenvalue weighted by Crippen LogP contribution is 2.23. The van der Waals surface area contributed by atoms with Crippen LogP contribution in [0.2, 0.25) is 0 Å². The van der Waals surface area contributed by atoms with E-state index in [1.165, 1.54) is 4.88 Å². The second kappa shape index (κ2) is 5.97. The normalized spacial score (nSPS) is 12.2. The molecule has 0 aliphatic carbocycles. The van der Waals surface area contributed by atoms with Crippen LogP contribution in [0.1, 0.15) is 35.6 Å². The zero-order valence-corrected chi connectivity index (χ0v) is 12.5. The molecule has 1 unspecified atom stereocenters. The molecule has 2 N–H and O–H groups in total. The van der Waals surface area contributed by atoms with Gasteiger partial charge in [-0.2, -0.15) is 0 Å². The number of aryl methyl sites for hydroxylation is 2. The number of nitrogens with zero attached hydrogens (tertiary/aromatic N) is 3. The first-order chi connectivity index (χ1) is 9.12. The van der Waals surface area contributed by atoms with Crippen LogP contribution in [-0.4, -0.2) is 22.0 Å². The number of nitrogens with one attached hydrogen (secondary N) is 2. The van der Waals surface area contributed by atoms with E-state index in [0.717, 1.165) is 28.9 Å². The second-order valence-electron chi connectivity index (χ2n) is 4.33. The molecule has 0 amide bonds. The summed E-state index contributed by atoms with van der Waals surface area (Å²) in [5.41, 5.74) is 0. The standard InChI is InChI=1S/C13H19N5S/c1-5-10-17-11(14-4)6-12(18-10)16-9(3)13-15-7-8(2)19-13/h6-7,9H,5H2,1-4H3,(H2,14,16,17,18). The van der Waals surface area contributed by atoms with Crippen LogP contribution < -0.4 is 10.6 Å². The molecule has 0 saturated carbocycles. The minimum absolute atomic E-state index is 0.142. The minimum Gasteiger partial charge on any atom is -0.373 e. The molecule has 0 spiro atoms. The summed E-state index contributed by atoms with van der Waals surface area (Å²) in [6.45, 7) is 6.20. The van der Waals surface area contributed by atoms with Crippen LogP contribution in [0.15, 0.2) is 12.3 Å². The van der Waals surface area contributed by atoms with E-state index >= 15 is 0 Å². The predicted molar refractivity (Wildman–Crippen MR) is 79.8 cm³/mol. The van der Waals surface area contributed by atoms with E-state index in [-0.39, 0.29) is 6.04 Å². The van der Waals surface area contributed by atoms with Crippen LogP contribution in [0.5, 0.6) is 0 Å². The summed E-state index contributed by atoms with van der Waals surface area (Å²) in [4.78, 5) is 14.5. The summed E-state index contributed by atoms with van der Waals surface area (Å²) >= 11 is 1.70. The summed E-state index contributed by atoms with van der Waals surface area (Å²) in [6.07, 6.45) is 2.71. The van der Waals surface area contributed by atoms with Gasteiger partial charge >= 0.3 is 0 Å². The second-order valence-corrected chi connectivity index (χ2v) is 5.60. The molecule has 0 bridgehead atoms. The average Bonchev–Trinajstić information content (AvgIpc) is 2.85. The molecular formula is C13H19N5S. The van der Waals surface area contributed by atoms with E-state index in [4.69, 9.17) is 0 Å². The van der Waals surface area contributed by atoms with E-state index in [1.807, 2.05) is 26.2 Å². The van der Waals surface area contributed by atoms with Crippen molar-refractivity contribution in [2.45, 2.75) is 33.2 Å². The van der Waals surface area contributed by atoms with Crippen LogP contribution in [0, 0.1) is 6.92 Å². The first-order valence-corrected chi connectivity index (χ1v) is 7.18. The van der Waals surface area contributed by atoms with E-state index in [1.54, 1.807) is 11.3 Å². The van der Waals surface area contributed by atoms with E-state index in [0.29, 0.717) is 0 Å². The number of hydrogen-bond donors (Lipinski definition) is 2. The zero-order valence-electron chi connectivity index (χ0n) is 11.7. The molecule has 0 fully saturated rings. The lowest BCUT2D eigenvalue weighted by Gasteiger charge is -2.13. The molecule has 2 rings (SSSR count). The van der Waals surface area contributed by atoms with Crippen LogP contribution in [-0.2, 0) is 6.42 Å². The highest BCUT2D eigenvalue weighted by atomic mass is 32.1. The van der Waals surface area contributed by atoms with Crippen molar-refractivity contribution in [2.24, 2.45) is 0 Å². The van der Waals surface area contributed by atoms with Crippen molar-refractivity contribution in [3.05, 3.63) is 28.0 Å². The first-order valence-electron chi connectivity index (χ1n) is 6.37. The fourth-order valence-electron chi connectivity index (χ4n) is 1.71. The molecule has 102 valence electrons. The fraction of sp³-hybridized carbons (Fsp3) is 0.462. The average molecular weight is 277 g/mol. The van der Waals surface area contributed by atoms with Crippen molar-refractivity contribution < 1.29 is 0 Å². The molecule has 0 saturated heterocycles. The Kier molecular flexibility index (Phi) is 4.31. The lowest BCUT2D eigenvalue weighted by molar-refractivity contribution is 0.847. The van der Waals surface area contributed by atoms with Crippen LogP contribution in [0.4, 0.5) is 11.6 Å². The van der Waals surface area contributed by atoms with Gasteiger partial charge in [-0.15, -0.1) is 11.3 Å². The molecule has 2 heterocycles. The van der Waals surface area contributed by atoms with Gasteiger partial charge in [0.05, 0.1) is 6.04 Å². The quantitative estimate of drug-likeness (QED) is 0.879. The summed E-state index contributed by atoms with van der Waals surface area (Å²) in [7, 11) is 1.86. The SMILES string of the molecule is CCc1nc(NC)cc(NC(C)c2ncc(C)s2)n1. The Balaban J connectivity index is 2.18. The van der Waals surface area contributed by atoms with Gasteiger partial charge in [-0.25, -0.2) is 15.0 Å². The number of hydrogen-bond acceptors (Lipinski definition) is 6. The van der Waals surface area contributed by atoms with Gasteiger partial charge in [-0.1, -0.05) is 6.92 Å². The third-order valence-electron chi connectivity index (χ3n) is 2.72. The van der Waals surface area contributed by atoms with Crippen molar-refractivity contribution in [3.63, 3.8) is 0 Å². The fourth-order valence-corrected chi connectivity index (χ4v) is 2.49. The molecule has 0 aliphatic rings. The third-order valence-corrected chi connectivity index (χ3v) is 3.81. The smallest absolute Gasteiger partial charge is 0.132 e. The highest BCUT2D eigenvalue weighted by molar-refractivity contribution is 7.11. The maximum absolute atomic E-state index is 4.49. The van der Waals surface area contributed by atoms with E-state index < -0.39 is 0 Å². The van der Waals surface area contributed by atoms with E-state index in [2.05, 4.69) is 39.4 Å². The van der Waals surface area contributed by atoms with Gasteiger partial charge in [0.1, 0.15) is 22.5 Å². The molecule has 2 aromatic rings. The maximum atomic E-state index is 4.49. The maximum Gasteiger partial charge on any atom is 0.132 e. The predicted octanol–water partition coefficient (Wildman–Crippen LogP) is 3.02. The Morgan fingerprint density at radius 2 is 2.05 bits per heavy atom. The van der Waals surface area contributed by atoms with Gasteiger partial charge in [0.25, 0.3) is 0 Å². The topological polar surface area (TPSA) is 62.7 Å². The molecule has 0 aromatic carbocycles. The van der Waals surface area contributed by atoms with Gasteiger partial charge in [0, 0.05) is 30.6 Å². The summed E-state index contributed by atoms with van der Waals surface area (Å²) < 4.78 is 0. The van der Waals surface area contributed by atoms with Crippen molar-refractivity contribution >= 4 is 23.0 Å². The van der Waals surface area contributed by atoms with Gasteiger partial charge in [0.15, 0.2) is 0 Å². The molecule has 2 aromatic heterocycles.